The van der Waals surface area contributed by atoms with Crippen molar-refractivity contribution < 1.29 is 5.11 Å². The molecule has 2 fully saturated rings. The molecule has 3 atom stereocenters. The maximum atomic E-state index is 9.78. The van der Waals surface area contributed by atoms with Gasteiger partial charge in [0.2, 0.25) is 0 Å². The quantitative estimate of drug-likeness (QED) is 0.612. The van der Waals surface area contributed by atoms with Crippen LogP contribution in [0.2, 0.25) is 0 Å². The molecule has 0 bridgehead atoms. The highest BCUT2D eigenvalue weighted by molar-refractivity contribution is 4.96. The van der Waals surface area contributed by atoms with Gasteiger partial charge in [-0.2, -0.15) is 0 Å². The van der Waals surface area contributed by atoms with Crippen molar-refractivity contribution in [1.82, 2.24) is 0 Å². The second-order valence-corrected chi connectivity index (χ2v) is 4.54. The van der Waals surface area contributed by atoms with E-state index in [2.05, 4.69) is 6.92 Å². The van der Waals surface area contributed by atoms with Gasteiger partial charge in [-0.25, -0.2) is 0 Å². The Hall–Kier alpha value is -0.0400. The summed E-state index contributed by atoms with van der Waals surface area (Å²) in [5.41, 5.74) is 0.304. The summed E-state index contributed by atoms with van der Waals surface area (Å²) >= 11 is 0. The molecule has 2 saturated carbocycles. The first-order chi connectivity index (χ1) is 6.23. The third-order valence-electron chi connectivity index (χ3n) is 4.00. The number of hydrogen-bond acceptors (Lipinski definition) is 1. The van der Waals surface area contributed by atoms with Crippen LogP contribution in [0, 0.1) is 11.3 Å². The van der Waals surface area contributed by atoms with Crippen molar-refractivity contribution >= 4 is 0 Å². The first-order valence-electron chi connectivity index (χ1n) is 5.91. The molecule has 0 spiro atoms. The molecule has 0 heterocycles. The average molecular weight is 184 g/mol. The van der Waals surface area contributed by atoms with Gasteiger partial charge in [-0.15, -0.1) is 0 Å². The molecular formula is C12H24O. The van der Waals surface area contributed by atoms with Gasteiger partial charge < -0.3 is 5.11 Å². The molecule has 1 N–H and O–H groups in total. The van der Waals surface area contributed by atoms with E-state index in [0.717, 1.165) is 12.3 Å². The van der Waals surface area contributed by atoms with Gasteiger partial charge in [0.25, 0.3) is 0 Å². The number of aliphatic hydroxyl groups excluding tert-OH is 1. The van der Waals surface area contributed by atoms with Crippen LogP contribution in [0.4, 0.5) is 0 Å². The standard InChI is InChI=1S/C10H18O.C2H6/c1-10-7-3-2-4-8(10)5-6-9(10)11;1-2/h8-9,11H,2-7H2,1H3;1-2H3. The Balaban J connectivity index is 0.000000396. The zero-order chi connectivity index (χ0) is 9.90. The number of hydrogen-bond donors (Lipinski definition) is 1. The summed E-state index contributed by atoms with van der Waals surface area (Å²) in [4.78, 5) is 0. The van der Waals surface area contributed by atoms with Crippen molar-refractivity contribution in [2.45, 2.75) is 65.4 Å². The molecule has 2 aliphatic rings. The molecule has 2 aliphatic carbocycles. The molecule has 1 nitrogen and oxygen atoms in total. The summed E-state index contributed by atoms with van der Waals surface area (Å²) in [6.07, 6.45) is 7.70. The van der Waals surface area contributed by atoms with Crippen molar-refractivity contribution in [2.75, 3.05) is 0 Å². The predicted octanol–water partition coefficient (Wildman–Crippen LogP) is 3.36. The zero-order valence-corrected chi connectivity index (χ0v) is 9.34. The van der Waals surface area contributed by atoms with Crippen LogP contribution in [-0.2, 0) is 0 Å². The van der Waals surface area contributed by atoms with Gasteiger partial charge in [0.15, 0.2) is 0 Å². The second-order valence-electron chi connectivity index (χ2n) is 4.54. The first-order valence-corrected chi connectivity index (χ1v) is 5.91. The second kappa shape index (κ2) is 4.45. The summed E-state index contributed by atoms with van der Waals surface area (Å²) in [7, 11) is 0. The zero-order valence-electron chi connectivity index (χ0n) is 9.34. The molecule has 2 rings (SSSR count). The lowest BCUT2D eigenvalue weighted by molar-refractivity contribution is 0.0138. The van der Waals surface area contributed by atoms with Crippen LogP contribution in [0.3, 0.4) is 0 Å². The van der Waals surface area contributed by atoms with E-state index in [1.165, 1.54) is 32.1 Å². The van der Waals surface area contributed by atoms with Crippen LogP contribution in [0.5, 0.6) is 0 Å². The van der Waals surface area contributed by atoms with Crippen LogP contribution in [0.1, 0.15) is 59.3 Å². The van der Waals surface area contributed by atoms with Gasteiger partial charge in [-0.1, -0.05) is 33.6 Å². The normalized spacial score (nSPS) is 43.4. The SMILES string of the molecule is CC.CC12CCCCC1CCC2O. The lowest BCUT2D eigenvalue weighted by Gasteiger charge is -2.38. The molecule has 1 heteroatoms. The molecule has 13 heavy (non-hydrogen) atoms. The van der Waals surface area contributed by atoms with E-state index in [4.69, 9.17) is 0 Å². The molecule has 0 saturated heterocycles. The van der Waals surface area contributed by atoms with Gasteiger partial charge in [0, 0.05) is 0 Å². The monoisotopic (exact) mass is 184 g/mol. The molecule has 0 aromatic rings. The van der Waals surface area contributed by atoms with Gasteiger partial charge in [-0.05, 0) is 37.0 Å². The fraction of sp³-hybridized carbons (Fsp3) is 1.00. The Bertz CT molecular complexity index is 153. The van der Waals surface area contributed by atoms with Crippen molar-refractivity contribution in [2.24, 2.45) is 11.3 Å². The minimum Gasteiger partial charge on any atom is -0.393 e. The highest BCUT2D eigenvalue weighted by Crippen LogP contribution is 2.51. The fourth-order valence-corrected chi connectivity index (χ4v) is 3.03. The average Bonchev–Trinajstić information content (AvgIpc) is 2.47. The van der Waals surface area contributed by atoms with Crippen molar-refractivity contribution in [3.8, 4) is 0 Å². The molecule has 0 radical (unpaired) electrons. The third kappa shape index (κ3) is 1.90. The predicted molar refractivity (Wildman–Crippen MR) is 56.7 cm³/mol. The summed E-state index contributed by atoms with van der Waals surface area (Å²) in [6, 6.07) is 0. The Morgan fingerprint density at radius 3 is 2.38 bits per heavy atom. The first kappa shape index (κ1) is 11.0. The topological polar surface area (TPSA) is 20.2 Å². The van der Waals surface area contributed by atoms with Gasteiger partial charge in [0.05, 0.1) is 6.10 Å². The van der Waals surface area contributed by atoms with Crippen LogP contribution in [0.25, 0.3) is 0 Å². The molecule has 0 amide bonds. The van der Waals surface area contributed by atoms with E-state index in [9.17, 15) is 5.11 Å². The van der Waals surface area contributed by atoms with Gasteiger partial charge in [0.1, 0.15) is 0 Å². The van der Waals surface area contributed by atoms with E-state index in [1.807, 2.05) is 13.8 Å². The van der Waals surface area contributed by atoms with Crippen molar-refractivity contribution in [3.63, 3.8) is 0 Å². The number of aliphatic hydroxyl groups is 1. The van der Waals surface area contributed by atoms with E-state index in [0.29, 0.717) is 5.41 Å². The van der Waals surface area contributed by atoms with E-state index in [1.54, 1.807) is 0 Å². The Labute approximate surface area is 82.5 Å². The van der Waals surface area contributed by atoms with Crippen LogP contribution < -0.4 is 0 Å². The third-order valence-corrected chi connectivity index (χ3v) is 4.00. The van der Waals surface area contributed by atoms with Gasteiger partial charge in [-0.3, -0.25) is 0 Å². The Morgan fingerprint density at radius 2 is 1.77 bits per heavy atom. The van der Waals surface area contributed by atoms with Crippen molar-refractivity contribution in [3.05, 3.63) is 0 Å². The smallest absolute Gasteiger partial charge is 0.0596 e. The van der Waals surface area contributed by atoms with Crippen LogP contribution in [-0.4, -0.2) is 11.2 Å². The van der Waals surface area contributed by atoms with E-state index < -0.39 is 0 Å². The molecule has 0 aromatic carbocycles. The maximum Gasteiger partial charge on any atom is 0.0596 e. The van der Waals surface area contributed by atoms with Crippen LogP contribution >= 0.6 is 0 Å². The van der Waals surface area contributed by atoms with Crippen LogP contribution in [0.15, 0.2) is 0 Å². The molecule has 0 aliphatic heterocycles. The Morgan fingerprint density at radius 1 is 1.08 bits per heavy atom. The highest BCUT2D eigenvalue weighted by atomic mass is 16.3. The summed E-state index contributed by atoms with van der Waals surface area (Å²) in [6.45, 7) is 6.29. The minimum absolute atomic E-state index is 0.00722. The van der Waals surface area contributed by atoms with Crippen molar-refractivity contribution in [1.29, 1.82) is 0 Å². The Kier molecular flexibility index (Phi) is 3.78. The number of fused-ring (bicyclic) bond motifs is 1. The van der Waals surface area contributed by atoms with E-state index >= 15 is 0 Å². The number of rotatable bonds is 0. The molecular weight excluding hydrogens is 160 g/mol. The molecule has 78 valence electrons. The molecule has 0 aromatic heterocycles. The van der Waals surface area contributed by atoms with Gasteiger partial charge >= 0.3 is 0 Å². The molecule has 3 unspecified atom stereocenters. The summed E-state index contributed by atoms with van der Waals surface area (Å²) in [5, 5.41) is 9.78. The maximum absolute atomic E-state index is 9.78. The highest BCUT2D eigenvalue weighted by Gasteiger charge is 2.46. The largest absolute Gasteiger partial charge is 0.393 e. The summed E-state index contributed by atoms with van der Waals surface area (Å²) < 4.78 is 0. The minimum atomic E-state index is 0.00722. The fourth-order valence-electron chi connectivity index (χ4n) is 3.03. The summed E-state index contributed by atoms with van der Waals surface area (Å²) in [5.74, 6) is 0.839. The lowest BCUT2D eigenvalue weighted by atomic mass is 9.69. The lowest BCUT2D eigenvalue weighted by Crippen LogP contribution is -2.34. The van der Waals surface area contributed by atoms with E-state index in [-0.39, 0.29) is 6.10 Å².